The maximum atomic E-state index is 12.8. The summed E-state index contributed by atoms with van der Waals surface area (Å²) in [6.07, 6.45) is 7.60. The van der Waals surface area contributed by atoms with Gasteiger partial charge in [0.1, 0.15) is 29.4 Å². The van der Waals surface area contributed by atoms with E-state index in [1.165, 1.54) is 6.07 Å². The lowest BCUT2D eigenvalue weighted by Gasteiger charge is -2.19. The first-order chi connectivity index (χ1) is 17.4. The van der Waals surface area contributed by atoms with Crippen molar-refractivity contribution >= 4 is 18.8 Å². The Morgan fingerprint density at radius 3 is 2.44 bits per heavy atom. The van der Waals surface area contributed by atoms with Crippen LogP contribution >= 0.6 is 7.82 Å². The number of phosphoric acid groups is 1. The highest BCUT2D eigenvalue weighted by Crippen LogP contribution is 2.49. The molecule has 1 aromatic heterocycles. The molecule has 0 spiro atoms. The molecule has 3 aromatic rings. The van der Waals surface area contributed by atoms with E-state index in [1.54, 1.807) is 38.1 Å². The van der Waals surface area contributed by atoms with Crippen molar-refractivity contribution in [3.63, 3.8) is 0 Å². The van der Waals surface area contributed by atoms with Crippen molar-refractivity contribution in [3.8, 4) is 29.6 Å². The van der Waals surface area contributed by atoms with Gasteiger partial charge in [0.05, 0.1) is 19.8 Å². The van der Waals surface area contributed by atoms with E-state index in [0.29, 0.717) is 30.1 Å². The molecule has 0 fully saturated rings. The van der Waals surface area contributed by atoms with Gasteiger partial charge in [0.2, 0.25) is 0 Å². The molecule has 0 aliphatic carbocycles. The SMILES string of the molecule is C#CCCCCOc1cc(OP(=O)(OCC)OCC)ccc1COc1ccc2c(C)cc(=O)oc2c1. The highest BCUT2D eigenvalue weighted by molar-refractivity contribution is 7.48. The van der Waals surface area contributed by atoms with Gasteiger partial charge < -0.3 is 18.4 Å². The molecule has 0 saturated carbocycles. The number of ether oxygens (including phenoxy) is 2. The number of hydrogen-bond acceptors (Lipinski definition) is 8. The minimum absolute atomic E-state index is 0.174. The molecule has 2 aromatic carbocycles. The van der Waals surface area contributed by atoms with E-state index >= 15 is 0 Å². The third-order valence-corrected chi connectivity index (χ3v) is 6.70. The summed E-state index contributed by atoms with van der Waals surface area (Å²) in [4.78, 5) is 11.7. The molecule has 192 valence electrons. The van der Waals surface area contributed by atoms with Gasteiger partial charge in [-0.05, 0) is 63.4 Å². The van der Waals surface area contributed by atoms with E-state index in [4.69, 9.17) is 33.9 Å². The number of fused-ring (bicyclic) bond motifs is 1. The predicted octanol–water partition coefficient (Wildman–Crippen LogP) is 6.42. The van der Waals surface area contributed by atoms with Gasteiger partial charge in [0.25, 0.3) is 0 Å². The molecule has 0 saturated heterocycles. The van der Waals surface area contributed by atoms with E-state index in [9.17, 15) is 9.36 Å². The predicted molar refractivity (Wildman–Crippen MR) is 138 cm³/mol. The third kappa shape index (κ3) is 7.63. The normalized spacial score (nSPS) is 11.3. The first-order valence-corrected chi connectivity index (χ1v) is 13.3. The summed E-state index contributed by atoms with van der Waals surface area (Å²) in [7, 11) is -3.76. The first kappa shape index (κ1) is 27.3. The number of aryl methyl sites for hydroxylation is 1. The van der Waals surface area contributed by atoms with Crippen LogP contribution in [0.15, 0.2) is 51.7 Å². The Labute approximate surface area is 211 Å². The van der Waals surface area contributed by atoms with Gasteiger partial charge in [0.15, 0.2) is 0 Å². The van der Waals surface area contributed by atoms with Crippen LogP contribution in [0.1, 0.15) is 44.2 Å². The number of unbranched alkanes of at least 4 members (excludes halogenated alkanes) is 2. The number of rotatable bonds is 14. The smallest absolute Gasteiger partial charge is 0.493 e. The summed E-state index contributed by atoms with van der Waals surface area (Å²) in [5.74, 6) is 3.94. The molecule has 0 aliphatic rings. The van der Waals surface area contributed by atoms with Crippen LogP contribution in [0.25, 0.3) is 11.0 Å². The van der Waals surface area contributed by atoms with Gasteiger partial charge in [0, 0.05) is 35.6 Å². The van der Waals surface area contributed by atoms with Crippen molar-refractivity contribution in [2.45, 2.75) is 46.6 Å². The summed E-state index contributed by atoms with van der Waals surface area (Å²) in [5, 5.41) is 0.840. The fourth-order valence-electron chi connectivity index (χ4n) is 3.45. The molecule has 36 heavy (non-hydrogen) atoms. The molecule has 0 radical (unpaired) electrons. The lowest BCUT2D eigenvalue weighted by Crippen LogP contribution is -2.05. The summed E-state index contributed by atoms with van der Waals surface area (Å²) in [6, 6.07) is 11.8. The number of hydrogen-bond donors (Lipinski definition) is 0. The third-order valence-electron chi connectivity index (χ3n) is 5.12. The largest absolute Gasteiger partial charge is 0.530 e. The average Bonchev–Trinajstić information content (AvgIpc) is 2.83. The molecule has 0 N–H and O–H groups in total. The van der Waals surface area contributed by atoms with Crippen LogP contribution in [0.4, 0.5) is 0 Å². The van der Waals surface area contributed by atoms with E-state index in [-0.39, 0.29) is 25.6 Å². The first-order valence-electron chi connectivity index (χ1n) is 11.8. The lowest BCUT2D eigenvalue weighted by atomic mass is 10.1. The van der Waals surface area contributed by atoms with E-state index < -0.39 is 13.4 Å². The van der Waals surface area contributed by atoms with Gasteiger partial charge in [-0.3, -0.25) is 9.05 Å². The molecule has 0 atom stereocenters. The van der Waals surface area contributed by atoms with Crippen molar-refractivity contribution in [3.05, 3.63) is 64.0 Å². The lowest BCUT2D eigenvalue weighted by molar-refractivity contribution is 0.167. The molecule has 0 unspecified atom stereocenters. The maximum absolute atomic E-state index is 12.8. The van der Waals surface area contributed by atoms with Crippen molar-refractivity contribution < 1.29 is 32.0 Å². The van der Waals surface area contributed by atoms with Gasteiger partial charge in [-0.15, -0.1) is 12.3 Å². The second kappa shape index (κ2) is 13.2. The Kier molecular flexibility index (Phi) is 10.0. The molecule has 9 heteroatoms. The monoisotopic (exact) mass is 514 g/mol. The van der Waals surface area contributed by atoms with Crippen molar-refractivity contribution in [2.75, 3.05) is 19.8 Å². The molecular weight excluding hydrogens is 483 g/mol. The maximum Gasteiger partial charge on any atom is 0.530 e. The molecular formula is C27H31O8P. The van der Waals surface area contributed by atoms with Gasteiger partial charge in [-0.25, -0.2) is 9.36 Å². The highest BCUT2D eigenvalue weighted by Gasteiger charge is 2.27. The van der Waals surface area contributed by atoms with Crippen molar-refractivity contribution in [1.82, 2.24) is 0 Å². The zero-order chi connectivity index (χ0) is 26.0. The van der Waals surface area contributed by atoms with Crippen molar-refractivity contribution in [2.24, 2.45) is 0 Å². The quantitative estimate of drug-likeness (QED) is 0.105. The Hall–Kier alpha value is -3.24. The molecule has 1 heterocycles. The molecule has 0 amide bonds. The molecule has 8 nitrogen and oxygen atoms in total. The number of benzene rings is 2. The Balaban J connectivity index is 1.80. The van der Waals surface area contributed by atoms with Crippen LogP contribution in [0.3, 0.4) is 0 Å². The van der Waals surface area contributed by atoms with E-state index in [0.717, 1.165) is 29.4 Å². The fraction of sp³-hybridized carbons (Fsp3) is 0.370. The van der Waals surface area contributed by atoms with Crippen LogP contribution in [-0.2, 0) is 20.2 Å². The van der Waals surface area contributed by atoms with Crippen LogP contribution in [-0.4, -0.2) is 19.8 Å². The van der Waals surface area contributed by atoms with Gasteiger partial charge >= 0.3 is 13.4 Å². The summed E-state index contributed by atoms with van der Waals surface area (Å²) < 4.78 is 46.1. The fourth-order valence-corrected chi connectivity index (χ4v) is 4.63. The van der Waals surface area contributed by atoms with Gasteiger partial charge in [-0.1, -0.05) is 0 Å². The van der Waals surface area contributed by atoms with Gasteiger partial charge in [-0.2, -0.15) is 0 Å². The van der Waals surface area contributed by atoms with Crippen LogP contribution in [0, 0.1) is 19.3 Å². The zero-order valence-corrected chi connectivity index (χ0v) is 21.7. The second-order valence-corrected chi connectivity index (χ2v) is 9.44. The summed E-state index contributed by atoms with van der Waals surface area (Å²) in [5.41, 5.74) is 1.62. The van der Waals surface area contributed by atoms with E-state index in [2.05, 4.69) is 5.92 Å². The molecule has 0 aliphatic heterocycles. The van der Waals surface area contributed by atoms with Crippen LogP contribution in [0.2, 0.25) is 0 Å². The summed E-state index contributed by atoms with van der Waals surface area (Å²) >= 11 is 0. The topological polar surface area (TPSA) is 93.4 Å². The molecule has 3 rings (SSSR count). The average molecular weight is 515 g/mol. The highest BCUT2D eigenvalue weighted by atomic mass is 31.2. The van der Waals surface area contributed by atoms with Crippen LogP contribution in [0.5, 0.6) is 17.2 Å². The van der Waals surface area contributed by atoms with Crippen LogP contribution < -0.4 is 19.6 Å². The number of phosphoric ester groups is 1. The minimum Gasteiger partial charge on any atom is -0.493 e. The molecule has 0 bridgehead atoms. The summed E-state index contributed by atoms with van der Waals surface area (Å²) in [6.45, 7) is 6.23. The Morgan fingerprint density at radius 2 is 1.72 bits per heavy atom. The standard InChI is InChI=1S/C27H31O8P/c1-5-8-9-10-15-30-25-18-23(35-36(29,32-6-2)33-7-3)12-11-21(25)19-31-22-13-14-24-20(4)16-27(28)34-26(24)17-22/h1,11-14,16-18H,6-10,15,19H2,2-4H3. The van der Waals surface area contributed by atoms with E-state index in [1.807, 2.05) is 19.1 Å². The number of terminal acetylenes is 1. The Bertz CT molecular complexity index is 1300. The van der Waals surface area contributed by atoms with Crippen molar-refractivity contribution in [1.29, 1.82) is 0 Å². The Morgan fingerprint density at radius 1 is 0.972 bits per heavy atom. The second-order valence-electron chi connectivity index (χ2n) is 7.85. The minimum atomic E-state index is -3.76. The zero-order valence-electron chi connectivity index (χ0n) is 20.8.